The van der Waals surface area contributed by atoms with Crippen molar-refractivity contribution in [2.75, 3.05) is 0 Å². The number of hydrogen-bond donors (Lipinski definition) is 0. The van der Waals surface area contributed by atoms with E-state index < -0.39 is 12.3 Å². The largest absolute Gasteiger partial charge is 0.244 e. The molecule has 0 aromatic carbocycles. The minimum atomic E-state index is -1.23. The Morgan fingerprint density at radius 2 is 1.59 bits per heavy atom. The minimum absolute atomic E-state index is 0.0213. The lowest BCUT2D eigenvalue weighted by molar-refractivity contribution is -0.00496. The molecule has 17 heavy (non-hydrogen) atoms. The molecule has 2 aliphatic carbocycles. The van der Waals surface area contributed by atoms with E-state index >= 15 is 0 Å². The molecule has 0 bridgehead atoms. The third kappa shape index (κ3) is 2.71. The number of alkyl halides is 2. The van der Waals surface area contributed by atoms with Crippen LogP contribution in [0.15, 0.2) is 12.7 Å². The van der Waals surface area contributed by atoms with E-state index in [0.29, 0.717) is 11.8 Å². The molecule has 2 fully saturated rings. The van der Waals surface area contributed by atoms with Gasteiger partial charge in [-0.25, -0.2) is 8.78 Å². The van der Waals surface area contributed by atoms with Gasteiger partial charge in [-0.2, -0.15) is 0 Å². The van der Waals surface area contributed by atoms with Gasteiger partial charge in [0.1, 0.15) is 12.3 Å². The van der Waals surface area contributed by atoms with Gasteiger partial charge in [0.05, 0.1) is 0 Å². The highest BCUT2D eigenvalue weighted by atomic mass is 19.2. The van der Waals surface area contributed by atoms with Gasteiger partial charge < -0.3 is 0 Å². The lowest BCUT2D eigenvalue weighted by atomic mass is 9.68. The highest BCUT2D eigenvalue weighted by molar-refractivity contribution is 4.93. The zero-order valence-corrected chi connectivity index (χ0v) is 10.7. The molecule has 0 amide bonds. The van der Waals surface area contributed by atoms with Crippen molar-refractivity contribution in [3.05, 3.63) is 12.7 Å². The molecule has 0 aliphatic heterocycles. The average Bonchev–Trinajstić information content (AvgIpc) is 2.36. The van der Waals surface area contributed by atoms with Crippen molar-refractivity contribution >= 4 is 0 Å². The fraction of sp³-hybridized carbons (Fsp3) is 0.867. The van der Waals surface area contributed by atoms with Gasteiger partial charge in [0.2, 0.25) is 0 Å². The Bertz CT molecular complexity index is 256. The molecule has 2 saturated carbocycles. The van der Waals surface area contributed by atoms with Crippen LogP contribution in [0.25, 0.3) is 0 Å². The molecule has 2 aliphatic rings. The molecule has 4 atom stereocenters. The predicted molar refractivity (Wildman–Crippen MR) is 67.3 cm³/mol. The molecule has 2 heteroatoms. The fourth-order valence-electron chi connectivity index (χ4n) is 3.63. The number of allylic oxidation sites excluding steroid dienone is 1. The molecule has 2 rings (SSSR count). The second-order valence-corrected chi connectivity index (χ2v) is 6.02. The number of halogens is 2. The van der Waals surface area contributed by atoms with E-state index in [1.807, 2.05) is 13.0 Å². The molecule has 0 spiro atoms. The lowest BCUT2D eigenvalue weighted by Crippen LogP contribution is -2.41. The van der Waals surface area contributed by atoms with E-state index in [9.17, 15) is 8.78 Å². The summed E-state index contributed by atoms with van der Waals surface area (Å²) >= 11 is 0. The summed E-state index contributed by atoms with van der Waals surface area (Å²) in [6, 6.07) is 0. The zero-order valence-electron chi connectivity index (χ0n) is 10.7. The lowest BCUT2D eigenvalue weighted by Gasteiger charge is -2.40. The van der Waals surface area contributed by atoms with E-state index in [-0.39, 0.29) is 11.8 Å². The van der Waals surface area contributed by atoms with Crippen LogP contribution in [-0.2, 0) is 0 Å². The SMILES string of the molecule is C=CC1CCC(C2CCC(C)C(F)C2F)CC1. The molecular formula is C15H24F2. The van der Waals surface area contributed by atoms with Crippen LogP contribution in [0.4, 0.5) is 8.78 Å². The smallest absolute Gasteiger partial charge is 0.134 e. The Kier molecular flexibility index (Phi) is 4.22. The normalized spacial score (nSPS) is 47.7. The van der Waals surface area contributed by atoms with Crippen molar-refractivity contribution in [3.8, 4) is 0 Å². The van der Waals surface area contributed by atoms with Crippen LogP contribution >= 0.6 is 0 Å². The van der Waals surface area contributed by atoms with Crippen LogP contribution < -0.4 is 0 Å². The minimum Gasteiger partial charge on any atom is -0.244 e. The monoisotopic (exact) mass is 242 g/mol. The zero-order chi connectivity index (χ0) is 12.4. The maximum atomic E-state index is 14.1. The van der Waals surface area contributed by atoms with Gasteiger partial charge in [0.25, 0.3) is 0 Å². The number of hydrogen-bond acceptors (Lipinski definition) is 0. The van der Waals surface area contributed by atoms with Gasteiger partial charge in [-0.15, -0.1) is 6.58 Å². The predicted octanol–water partition coefficient (Wildman–Crippen LogP) is 4.70. The van der Waals surface area contributed by atoms with E-state index in [0.717, 1.165) is 38.5 Å². The first-order chi connectivity index (χ1) is 8.13. The third-order valence-electron chi connectivity index (χ3n) is 4.97. The standard InChI is InChI=1S/C15H24F2/c1-3-11-5-7-12(8-6-11)13-9-4-10(2)14(16)15(13)17/h3,10-15H,1,4-9H2,2H3. The Balaban J connectivity index is 1.92. The Hall–Kier alpha value is -0.400. The second kappa shape index (κ2) is 5.49. The molecular weight excluding hydrogens is 218 g/mol. The summed E-state index contributed by atoms with van der Waals surface area (Å²) in [5, 5.41) is 0. The summed E-state index contributed by atoms with van der Waals surface area (Å²) in [5.41, 5.74) is 0. The molecule has 0 nitrogen and oxygen atoms in total. The molecule has 0 N–H and O–H groups in total. The van der Waals surface area contributed by atoms with Crippen molar-refractivity contribution in [3.63, 3.8) is 0 Å². The van der Waals surface area contributed by atoms with E-state index in [1.54, 1.807) is 0 Å². The summed E-state index contributed by atoms with van der Waals surface area (Å²) in [4.78, 5) is 0. The van der Waals surface area contributed by atoms with Gasteiger partial charge in [0.15, 0.2) is 0 Å². The molecule has 0 aromatic heterocycles. The van der Waals surface area contributed by atoms with Crippen molar-refractivity contribution in [2.45, 2.75) is 57.8 Å². The van der Waals surface area contributed by atoms with Crippen LogP contribution in [0.2, 0.25) is 0 Å². The van der Waals surface area contributed by atoms with Crippen molar-refractivity contribution in [1.29, 1.82) is 0 Å². The van der Waals surface area contributed by atoms with E-state index in [1.165, 1.54) is 0 Å². The van der Waals surface area contributed by atoms with Gasteiger partial charge in [-0.3, -0.25) is 0 Å². The molecule has 98 valence electrons. The first-order valence-corrected chi connectivity index (χ1v) is 7.04. The summed E-state index contributed by atoms with van der Waals surface area (Å²) < 4.78 is 27.8. The maximum absolute atomic E-state index is 14.1. The third-order valence-corrected chi connectivity index (χ3v) is 4.97. The van der Waals surface area contributed by atoms with Gasteiger partial charge in [-0.05, 0) is 62.2 Å². The van der Waals surface area contributed by atoms with Crippen LogP contribution in [0.3, 0.4) is 0 Å². The molecule has 0 heterocycles. The van der Waals surface area contributed by atoms with Gasteiger partial charge >= 0.3 is 0 Å². The highest BCUT2D eigenvalue weighted by Crippen LogP contribution is 2.43. The van der Waals surface area contributed by atoms with Gasteiger partial charge in [0, 0.05) is 0 Å². The topological polar surface area (TPSA) is 0 Å². The summed E-state index contributed by atoms with van der Waals surface area (Å²) in [6.07, 6.45) is 5.65. The molecule has 0 aromatic rings. The molecule has 0 radical (unpaired) electrons. The van der Waals surface area contributed by atoms with Crippen molar-refractivity contribution in [1.82, 2.24) is 0 Å². The van der Waals surface area contributed by atoms with Gasteiger partial charge in [-0.1, -0.05) is 13.0 Å². The first kappa shape index (κ1) is 13.0. The summed E-state index contributed by atoms with van der Waals surface area (Å²) in [5.74, 6) is 0.901. The quantitative estimate of drug-likeness (QED) is 0.616. The van der Waals surface area contributed by atoms with Crippen LogP contribution in [-0.4, -0.2) is 12.3 Å². The first-order valence-electron chi connectivity index (χ1n) is 7.04. The van der Waals surface area contributed by atoms with E-state index in [4.69, 9.17) is 0 Å². The maximum Gasteiger partial charge on any atom is 0.134 e. The van der Waals surface area contributed by atoms with E-state index in [2.05, 4.69) is 6.58 Å². The summed E-state index contributed by atoms with van der Waals surface area (Å²) in [7, 11) is 0. The number of rotatable bonds is 2. The average molecular weight is 242 g/mol. The van der Waals surface area contributed by atoms with Crippen molar-refractivity contribution < 1.29 is 8.78 Å². The summed E-state index contributed by atoms with van der Waals surface area (Å²) in [6.45, 7) is 5.66. The molecule has 0 saturated heterocycles. The van der Waals surface area contributed by atoms with Crippen LogP contribution in [0.1, 0.15) is 45.4 Å². The van der Waals surface area contributed by atoms with Crippen molar-refractivity contribution in [2.24, 2.45) is 23.7 Å². The Morgan fingerprint density at radius 3 is 2.18 bits per heavy atom. The fourth-order valence-corrected chi connectivity index (χ4v) is 3.63. The Morgan fingerprint density at radius 1 is 0.941 bits per heavy atom. The van der Waals surface area contributed by atoms with Crippen LogP contribution in [0, 0.1) is 23.7 Å². The van der Waals surface area contributed by atoms with Crippen LogP contribution in [0.5, 0.6) is 0 Å². The Labute approximate surface area is 103 Å². The second-order valence-electron chi connectivity index (χ2n) is 6.02. The molecule has 4 unspecified atom stereocenters. The highest BCUT2D eigenvalue weighted by Gasteiger charge is 2.42.